The third kappa shape index (κ3) is 2.45. The number of hydrogen-bond acceptors (Lipinski definition) is 2. The van der Waals surface area contributed by atoms with Gasteiger partial charge in [0.2, 0.25) is 0 Å². The van der Waals surface area contributed by atoms with Gasteiger partial charge in [-0.05, 0) is 18.2 Å². The summed E-state index contributed by atoms with van der Waals surface area (Å²) in [5, 5.41) is 0. The Labute approximate surface area is 112 Å². The summed E-state index contributed by atoms with van der Waals surface area (Å²) in [5.41, 5.74) is 4.59. The molecule has 0 amide bonds. The van der Waals surface area contributed by atoms with E-state index in [1.165, 1.54) is 17.0 Å². The van der Waals surface area contributed by atoms with E-state index in [0.29, 0.717) is 6.07 Å². The van der Waals surface area contributed by atoms with E-state index >= 15 is 0 Å². The number of imidazole rings is 1. The molecule has 0 aliphatic heterocycles. The first-order valence-electron chi connectivity index (χ1n) is 5.45. The number of hydrogen-bond donors (Lipinski definition) is 1. The molecule has 1 heterocycles. The standard InChI is InChI=1S/C13H9F4N3/c1-2-5-20-7-19-11(12(20)18)8-3-4-10(14)9(6-8)13(15,16)17/h1,3-4,6-7H,5,18H2. The topological polar surface area (TPSA) is 43.8 Å². The van der Waals surface area contributed by atoms with Crippen LogP contribution in [-0.4, -0.2) is 9.55 Å². The van der Waals surface area contributed by atoms with Crippen LogP contribution in [0.15, 0.2) is 24.5 Å². The van der Waals surface area contributed by atoms with E-state index in [4.69, 9.17) is 12.2 Å². The molecule has 1 aromatic carbocycles. The molecular formula is C13H9F4N3. The van der Waals surface area contributed by atoms with Gasteiger partial charge in [0.25, 0.3) is 0 Å². The zero-order chi connectivity index (χ0) is 14.9. The van der Waals surface area contributed by atoms with Crippen LogP contribution in [0.5, 0.6) is 0 Å². The van der Waals surface area contributed by atoms with Crippen LogP contribution in [0.1, 0.15) is 5.56 Å². The molecule has 0 bridgehead atoms. The Kier molecular flexibility index (Phi) is 3.40. The molecule has 2 rings (SSSR count). The van der Waals surface area contributed by atoms with Gasteiger partial charge in [-0.3, -0.25) is 0 Å². The summed E-state index contributed by atoms with van der Waals surface area (Å²) in [7, 11) is 0. The van der Waals surface area contributed by atoms with Gasteiger partial charge in [-0.15, -0.1) is 6.42 Å². The highest BCUT2D eigenvalue weighted by atomic mass is 19.4. The molecule has 0 fully saturated rings. The van der Waals surface area contributed by atoms with Gasteiger partial charge in [-0.1, -0.05) is 5.92 Å². The lowest BCUT2D eigenvalue weighted by atomic mass is 10.1. The zero-order valence-electron chi connectivity index (χ0n) is 10.1. The van der Waals surface area contributed by atoms with Gasteiger partial charge in [-0.2, -0.15) is 13.2 Å². The van der Waals surface area contributed by atoms with Gasteiger partial charge in [0.1, 0.15) is 17.3 Å². The first kappa shape index (κ1) is 13.9. The summed E-state index contributed by atoms with van der Waals surface area (Å²) in [5.74, 6) is 1.12. The first-order chi connectivity index (χ1) is 9.34. The average Bonchev–Trinajstić information content (AvgIpc) is 2.71. The number of benzene rings is 1. The molecule has 104 valence electrons. The maximum atomic E-state index is 13.2. The second-order valence-corrected chi connectivity index (χ2v) is 4.00. The van der Waals surface area contributed by atoms with Crippen LogP contribution in [0.25, 0.3) is 11.3 Å². The molecule has 0 radical (unpaired) electrons. The van der Waals surface area contributed by atoms with E-state index in [1.54, 1.807) is 0 Å². The minimum Gasteiger partial charge on any atom is -0.383 e. The van der Waals surface area contributed by atoms with Crippen LogP contribution in [-0.2, 0) is 12.7 Å². The van der Waals surface area contributed by atoms with E-state index in [1.807, 2.05) is 0 Å². The third-order valence-electron chi connectivity index (χ3n) is 2.69. The minimum absolute atomic E-state index is 0.0759. The lowest BCUT2D eigenvalue weighted by Gasteiger charge is -2.09. The van der Waals surface area contributed by atoms with Crippen molar-refractivity contribution in [2.24, 2.45) is 0 Å². The van der Waals surface area contributed by atoms with Crippen LogP contribution < -0.4 is 5.73 Å². The number of rotatable bonds is 2. The smallest absolute Gasteiger partial charge is 0.383 e. The van der Waals surface area contributed by atoms with Crippen molar-refractivity contribution in [3.05, 3.63) is 35.9 Å². The maximum Gasteiger partial charge on any atom is 0.419 e. The molecule has 2 aromatic rings. The summed E-state index contributed by atoms with van der Waals surface area (Å²) in [6.07, 6.45) is 1.66. The second kappa shape index (κ2) is 4.89. The Morgan fingerprint density at radius 1 is 1.35 bits per heavy atom. The number of nitrogen functional groups attached to an aromatic ring is 1. The molecule has 20 heavy (non-hydrogen) atoms. The fourth-order valence-corrected chi connectivity index (χ4v) is 1.73. The number of halogens is 4. The van der Waals surface area contributed by atoms with E-state index in [0.717, 1.165) is 6.07 Å². The largest absolute Gasteiger partial charge is 0.419 e. The zero-order valence-corrected chi connectivity index (χ0v) is 10.1. The van der Waals surface area contributed by atoms with Crippen LogP contribution in [0, 0.1) is 18.2 Å². The van der Waals surface area contributed by atoms with Crippen molar-refractivity contribution < 1.29 is 17.6 Å². The Morgan fingerprint density at radius 2 is 2.05 bits per heavy atom. The fourth-order valence-electron chi connectivity index (χ4n) is 1.73. The van der Waals surface area contributed by atoms with Gasteiger partial charge in [0.15, 0.2) is 0 Å². The van der Waals surface area contributed by atoms with Crippen LogP contribution in [0.3, 0.4) is 0 Å². The lowest BCUT2D eigenvalue weighted by molar-refractivity contribution is -0.139. The van der Waals surface area contributed by atoms with Crippen molar-refractivity contribution in [2.75, 3.05) is 5.73 Å². The SMILES string of the molecule is C#CCn1cnc(-c2ccc(F)c(C(F)(F)F)c2)c1N. The molecule has 3 nitrogen and oxygen atoms in total. The average molecular weight is 283 g/mol. The summed E-state index contributed by atoms with van der Waals surface area (Å²) < 4.78 is 52.6. The second-order valence-electron chi connectivity index (χ2n) is 4.00. The van der Waals surface area contributed by atoms with E-state index in [9.17, 15) is 17.6 Å². The van der Waals surface area contributed by atoms with Crippen molar-refractivity contribution in [2.45, 2.75) is 12.7 Å². The van der Waals surface area contributed by atoms with E-state index < -0.39 is 17.6 Å². The van der Waals surface area contributed by atoms with Gasteiger partial charge in [0.05, 0.1) is 18.4 Å². The molecule has 7 heteroatoms. The molecule has 0 saturated heterocycles. The Morgan fingerprint density at radius 3 is 2.65 bits per heavy atom. The number of alkyl halides is 3. The Hall–Kier alpha value is -2.49. The number of nitrogens with zero attached hydrogens (tertiary/aromatic N) is 2. The molecule has 0 atom stereocenters. The predicted octanol–water partition coefficient (Wildman–Crippen LogP) is 2.92. The Balaban J connectivity index is 2.52. The number of nitrogens with two attached hydrogens (primary N) is 1. The minimum atomic E-state index is -4.78. The summed E-state index contributed by atoms with van der Waals surface area (Å²) >= 11 is 0. The Bertz CT molecular complexity index is 680. The van der Waals surface area contributed by atoms with Crippen molar-refractivity contribution >= 4 is 5.82 Å². The highest BCUT2D eigenvalue weighted by Gasteiger charge is 2.34. The van der Waals surface area contributed by atoms with Crippen LogP contribution >= 0.6 is 0 Å². The van der Waals surface area contributed by atoms with Gasteiger partial charge < -0.3 is 10.3 Å². The van der Waals surface area contributed by atoms with Crippen molar-refractivity contribution in [1.29, 1.82) is 0 Å². The normalized spacial score (nSPS) is 11.3. The molecule has 2 N–H and O–H groups in total. The van der Waals surface area contributed by atoms with Crippen LogP contribution in [0.2, 0.25) is 0 Å². The number of terminal acetylenes is 1. The molecule has 1 aromatic heterocycles. The molecular weight excluding hydrogens is 274 g/mol. The van der Waals surface area contributed by atoms with Gasteiger partial charge in [-0.25, -0.2) is 9.37 Å². The van der Waals surface area contributed by atoms with Crippen LogP contribution in [0.4, 0.5) is 23.4 Å². The van der Waals surface area contributed by atoms with Crippen molar-refractivity contribution in [3.8, 4) is 23.6 Å². The fraction of sp³-hybridized carbons (Fsp3) is 0.154. The first-order valence-corrected chi connectivity index (χ1v) is 5.45. The number of anilines is 1. The maximum absolute atomic E-state index is 13.2. The molecule has 0 aliphatic carbocycles. The van der Waals surface area contributed by atoms with E-state index in [2.05, 4.69) is 10.9 Å². The summed E-state index contributed by atoms with van der Waals surface area (Å²) in [4.78, 5) is 3.91. The quantitative estimate of drug-likeness (QED) is 0.680. The lowest BCUT2D eigenvalue weighted by Crippen LogP contribution is -2.08. The highest BCUT2D eigenvalue weighted by molar-refractivity contribution is 5.71. The van der Waals surface area contributed by atoms with E-state index in [-0.39, 0.29) is 23.6 Å². The number of aromatic nitrogens is 2. The molecule has 0 unspecified atom stereocenters. The highest BCUT2D eigenvalue weighted by Crippen LogP contribution is 2.35. The monoisotopic (exact) mass is 283 g/mol. The van der Waals surface area contributed by atoms with Gasteiger partial charge in [0, 0.05) is 5.56 Å². The van der Waals surface area contributed by atoms with Crippen molar-refractivity contribution in [3.63, 3.8) is 0 Å². The molecule has 0 spiro atoms. The molecule has 0 aliphatic rings. The van der Waals surface area contributed by atoms with Crippen molar-refractivity contribution in [1.82, 2.24) is 9.55 Å². The summed E-state index contributed by atoms with van der Waals surface area (Å²) in [6, 6.07) is 2.59. The third-order valence-corrected chi connectivity index (χ3v) is 2.69. The summed E-state index contributed by atoms with van der Waals surface area (Å²) in [6.45, 7) is 0.145. The van der Waals surface area contributed by atoms with Gasteiger partial charge >= 0.3 is 6.18 Å². The predicted molar refractivity (Wildman–Crippen MR) is 65.9 cm³/mol. The molecule has 0 saturated carbocycles.